The van der Waals surface area contributed by atoms with Gasteiger partial charge in [-0.2, -0.15) is 0 Å². The van der Waals surface area contributed by atoms with E-state index in [0.29, 0.717) is 16.4 Å². The number of para-hydroxylation sites is 1. The number of carbonyl (C=O) groups excluding carboxylic acids is 2. The Hall–Kier alpha value is -3.09. The van der Waals surface area contributed by atoms with E-state index in [0.717, 1.165) is 9.80 Å². The molecule has 0 fully saturated rings. The molecule has 1 heterocycles. The zero-order valence-corrected chi connectivity index (χ0v) is 16.5. The lowest BCUT2D eigenvalue weighted by atomic mass is 10.3. The molecule has 0 saturated carbocycles. The zero-order chi connectivity index (χ0) is 20.4. The number of carbonyl (C=O) groups is 2. The molecule has 0 aromatic heterocycles. The molecule has 0 saturated heterocycles. The molecule has 4 rings (SSSR count). The average molecular weight is 425 g/mol. The van der Waals surface area contributed by atoms with Gasteiger partial charge in [0.2, 0.25) is 0 Å². The lowest BCUT2D eigenvalue weighted by molar-refractivity contribution is -0.120. The van der Waals surface area contributed by atoms with Gasteiger partial charge in [-0.15, -0.1) is 0 Å². The first kappa shape index (κ1) is 19.2. The van der Waals surface area contributed by atoms with Gasteiger partial charge < -0.3 is 5.32 Å². The Morgan fingerprint density at radius 1 is 0.828 bits per heavy atom. The van der Waals surface area contributed by atoms with Crippen molar-refractivity contribution in [3.05, 3.63) is 100 Å². The SMILES string of the molecule is O=C1C(Nc2ccccc2)=C(Sc2ccc(Cl)cc2)C(=O)N1c1ccc(F)cc1. The van der Waals surface area contributed by atoms with Gasteiger partial charge in [0.05, 0.1) is 5.69 Å². The maximum absolute atomic E-state index is 13.3. The van der Waals surface area contributed by atoms with Gasteiger partial charge in [-0.1, -0.05) is 41.6 Å². The van der Waals surface area contributed by atoms with Crippen LogP contribution < -0.4 is 10.2 Å². The number of anilines is 2. The number of nitrogens with zero attached hydrogens (tertiary/aromatic N) is 1. The van der Waals surface area contributed by atoms with Crippen LogP contribution in [0.3, 0.4) is 0 Å². The van der Waals surface area contributed by atoms with Crippen molar-refractivity contribution in [1.29, 1.82) is 0 Å². The van der Waals surface area contributed by atoms with Crippen molar-refractivity contribution < 1.29 is 14.0 Å². The standard InChI is InChI=1S/C22H14ClFN2O2S/c23-14-6-12-18(13-7-14)29-20-19(25-16-4-2-1-3-5-16)21(27)26(22(20)28)17-10-8-15(24)9-11-17/h1-13,25H. The Labute approximate surface area is 176 Å². The Bertz CT molecular complexity index is 1100. The van der Waals surface area contributed by atoms with E-state index in [4.69, 9.17) is 11.6 Å². The Morgan fingerprint density at radius 2 is 1.48 bits per heavy atom. The average Bonchev–Trinajstić information content (AvgIpc) is 2.95. The molecule has 1 N–H and O–H groups in total. The van der Waals surface area contributed by atoms with Gasteiger partial charge in [-0.25, -0.2) is 9.29 Å². The van der Waals surface area contributed by atoms with E-state index in [-0.39, 0.29) is 10.6 Å². The number of thioether (sulfide) groups is 1. The van der Waals surface area contributed by atoms with E-state index in [1.165, 1.54) is 36.0 Å². The summed E-state index contributed by atoms with van der Waals surface area (Å²) in [6.07, 6.45) is 0. The predicted octanol–water partition coefficient (Wildman–Crippen LogP) is 5.47. The van der Waals surface area contributed by atoms with Crippen molar-refractivity contribution in [3.63, 3.8) is 0 Å². The van der Waals surface area contributed by atoms with Crippen LogP contribution in [0.15, 0.2) is 94.4 Å². The number of rotatable bonds is 5. The minimum absolute atomic E-state index is 0.172. The first-order valence-corrected chi connectivity index (χ1v) is 9.86. The topological polar surface area (TPSA) is 49.4 Å². The molecule has 3 aromatic rings. The molecular weight excluding hydrogens is 411 g/mol. The summed E-state index contributed by atoms with van der Waals surface area (Å²) in [6, 6.07) is 21.3. The van der Waals surface area contributed by atoms with Gasteiger partial charge in [0.15, 0.2) is 0 Å². The van der Waals surface area contributed by atoms with Crippen LogP contribution in [0.25, 0.3) is 0 Å². The van der Waals surface area contributed by atoms with Crippen molar-refractivity contribution in [2.45, 2.75) is 4.90 Å². The van der Waals surface area contributed by atoms with E-state index in [2.05, 4.69) is 5.32 Å². The van der Waals surface area contributed by atoms with Crippen molar-refractivity contribution in [2.24, 2.45) is 0 Å². The van der Waals surface area contributed by atoms with E-state index in [9.17, 15) is 14.0 Å². The molecule has 0 atom stereocenters. The van der Waals surface area contributed by atoms with Gasteiger partial charge in [0.1, 0.15) is 16.4 Å². The number of benzene rings is 3. The van der Waals surface area contributed by atoms with Crippen molar-refractivity contribution in [2.75, 3.05) is 10.2 Å². The third-order valence-corrected chi connectivity index (χ3v) is 5.55. The van der Waals surface area contributed by atoms with Crippen LogP contribution in [0.2, 0.25) is 5.02 Å². The van der Waals surface area contributed by atoms with Crippen LogP contribution >= 0.6 is 23.4 Å². The molecule has 7 heteroatoms. The number of imide groups is 1. The fourth-order valence-electron chi connectivity index (χ4n) is 2.83. The quantitative estimate of drug-likeness (QED) is 0.552. The van der Waals surface area contributed by atoms with Crippen LogP contribution in [-0.2, 0) is 9.59 Å². The van der Waals surface area contributed by atoms with Crippen LogP contribution in [0.4, 0.5) is 15.8 Å². The summed E-state index contributed by atoms with van der Waals surface area (Å²) < 4.78 is 13.3. The normalized spacial score (nSPS) is 13.9. The molecule has 0 aliphatic carbocycles. The third kappa shape index (κ3) is 4.04. The van der Waals surface area contributed by atoms with Gasteiger partial charge in [0.25, 0.3) is 11.8 Å². The van der Waals surface area contributed by atoms with Crippen LogP contribution in [0.5, 0.6) is 0 Å². The molecule has 3 aromatic carbocycles. The smallest absolute Gasteiger partial charge is 0.283 e. The molecule has 0 radical (unpaired) electrons. The summed E-state index contributed by atoms with van der Waals surface area (Å²) in [5.41, 5.74) is 1.16. The highest BCUT2D eigenvalue weighted by molar-refractivity contribution is 8.04. The fraction of sp³-hybridized carbons (Fsp3) is 0. The van der Waals surface area contributed by atoms with Crippen molar-refractivity contribution in [1.82, 2.24) is 0 Å². The molecular formula is C22H14ClFN2O2S. The van der Waals surface area contributed by atoms with Gasteiger partial charge in [-0.05, 0) is 60.7 Å². The second-order valence-electron chi connectivity index (χ2n) is 6.17. The minimum Gasteiger partial charge on any atom is -0.350 e. The number of halogens is 2. The summed E-state index contributed by atoms with van der Waals surface area (Å²) in [4.78, 5) is 28.3. The van der Waals surface area contributed by atoms with E-state index in [1.54, 1.807) is 36.4 Å². The fourth-order valence-corrected chi connectivity index (χ4v) is 3.88. The summed E-state index contributed by atoms with van der Waals surface area (Å²) >= 11 is 7.11. The summed E-state index contributed by atoms with van der Waals surface area (Å²) in [7, 11) is 0. The zero-order valence-electron chi connectivity index (χ0n) is 14.9. The number of amides is 2. The first-order valence-electron chi connectivity index (χ1n) is 8.67. The largest absolute Gasteiger partial charge is 0.350 e. The summed E-state index contributed by atoms with van der Waals surface area (Å²) in [5.74, 6) is -1.42. The Kier molecular flexibility index (Phi) is 5.38. The number of hydrogen-bond donors (Lipinski definition) is 1. The molecule has 0 spiro atoms. The predicted molar refractivity (Wildman–Crippen MR) is 113 cm³/mol. The van der Waals surface area contributed by atoms with Gasteiger partial charge in [0, 0.05) is 15.6 Å². The molecule has 1 aliphatic rings. The minimum atomic E-state index is -0.498. The molecule has 4 nitrogen and oxygen atoms in total. The highest BCUT2D eigenvalue weighted by Gasteiger charge is 2.40. The van der Waals surface area contributed by atoms with Crippen LogP contribution in [0, 0.1) is 5.82 Å². The Morgan fingerprint density at radius 3 is 2.14 bits per heavy atom. The molecule has 2 amide bonds. The van der Waals surface area contributed by atoms with Crippen molar-refractivity contribution >= 4 is 46.6 Å². The maximum atomic E-state index is 13.3. The Balaban J connectivity index is 1.73. The van der Waals surface area contributed by atoms with Crippen LogP contribution in [-0.4, -0.2) is 11.8 Å². The lowest BCUT2D eigenvalue weighted by Crippen LogP contribution is -2.32. The van der Waals surface area contributed by atoms with Crippen LogP contribution in [0.1, 0.15) is 0 Å². The van der Waals surface area contributed by atoms with Crippen molar-refractivity contribution in [3.8, 4) is 0 Å². The summed E-state index contributed by atoms with van der Waals surface area (Å²) in [5, 5.41) is 3.64. The highest BCUT2D eigenvalue weighted by atomic mass is 35.5. The first-order chi connectivity index (χ1) is 14.0. The monoisotopic (exact) mass is 424 g/mol. The molecule has 29 heavy (non-hydrogen) atoms. The third-order valence-electron chi connectivity index (χ3n) is 4.20. The molecule has 0 bridgehead atoms. The number of nitrogens with one attached hydrogen (secondary N) is 1. The second-order valence-corrected chi connectivity index (χ2v) is 7.69. The summed E-state index contributed by atoms with van der Waals surface area (Å²) in [6.45, 7) is 0. The molecule has 1 aliphatic heterocycles. The van der Waals surface area contributed by atoms with Gasteiger partial charge >= 0.3 is 0 Å². The maximum Gasteiger partial charge on any atom is 0.283 e. The van der Waals surface area contributed by atoms with E-state index >= 15 is 0 Å². The van der Waals surface area contributed by atoms with Gasteiger partial charge in [-0.3, -0.25) is 9.59 Å². The molecule has 0 unspecified atom stereocenters. The second kappa shape index (κ2) is 8.11. The highest BCUT2D eigenvalue weighted by Crippen LogP contribution is 2.38. The lowest BCUT2D eigenvalue weighted by Gasteiger charge is -2.15. The van der Waals surface area contributed by atoms with E-state index < -0.39 is 17.6 Å². The molecule has 144 valence electrons. The number of hydrogen-bond acceptors (Lipinski definition) is 4. The van der Waals surface area contributed by atoms with E-state index in [1.807, 2.05) is 18.2 Å².